The minimum Gasteiger partial charge on any atom is -0.480 e. The number of thiophene rings is 1. The second kappa shape index (κ2) is 5.59. The van der Waals surface area contributed by atoms with E-state index in [1.54, 1.807) is 0 Å². The van der Waals surface area contributed by atoms with Gasteiger partial charge in [0.1, 0.15) is 6.04 Å². The molecule has 1 heterocycles. The van der Waals surface area contributed by atoms with Crippen LogP contribution in [0.4, 0.5) is 0 Å². The van der Waals surface area contributed by atoms with Gasteiger partial charge < -0.3 is 10.8 Å². The Morgan fingerprint density at radius 2 is 2.38 bits per heavy atom. The third-order valence-electron chi connectivity index (χ3n) is 1.39. The number of nitrogens with two attached hydrogens (primary N) is 1. The van der Waals surface area contributed by atoms with Gasteiger partial charge >= 0.3 is 5.97 Å². The highest BCUT2D eigenvalue weighted by Gasteiger charge is 2.12. The fourth-order valence-corrected chi connectivity index (χ4v) is 2.02. The summed E-state index contributed by atoms with van der Waals surface area (Å²) in [6.45, 7) is 0. The van der Waals surface area contributed by atoms with Crippen molar-refractivity contribution in [2.24, 2.45) is 5.73 Å². The van der Waals surface area contributed by atoms with Crippen LogP contribution in [0.3, 0.4) is 0 Å². The predicted molar refractivity (Wildman–Crippen MR) is 58.6 cm³/mol. The molecule has 0 bridgehead atoms. The molecular weight excluding hydrogens is 278 g/mol. The van der Waals surface area contributed by atoms with E-state index in [-0.39, 0.29) is 12.4 Å². The smallest absolute Gasteiger partial charge is 0.320 e. The average molecular weight is 287 g/mol. The van der Waals surface area contributed by atoms with Gasteiger partial charge in [0.25, 0.3) is 0 Å². The zero-order chi connectivity index (χ0) is 9.14. The summed E-state index contributed by atoms with van der Waals surface area (Å²) in [4.78, 5) is 10.4. The van der Waals surface area contributed by atoms with Crippen molar-refractivity contribution < 1.29 is 9.90 Å². The minimum atomic E-state index is -0.961. The maximum absolute atomic E-state index is 10.4. The van der Waals surface area contributed by atoms with Crippen molar-refractivity contribution in [3.63, 3.8) is 0 Å². The highest BCUT2D eigenvalue weighted by Crippen LogP contribution is 2.21. The average Bonchev–Trinajstić information content (AvgIpc) is 2.35. The van der Waals surface area contributed by atoms with Gasteiger partial charge in [0.15, 0.2) is 0 Å². The summed E-state index contributed by atoms with van der Waals surface area (Å²) in [5.74, 6) is -0.961. The molecular formula is C7H9BrClNO2S. The molecule has 3 nitrogen and oxygen atoms in total. The second-order valence-electron chi connectivity index (χ2n) is 2.41. The number of halogens is 2. The van der Waals surface area contributed by atoms with Crippen molar-refractivity contribution in [1.82, 2.24) is 0 Å². The van der Waals surface area contributed by atoms with E-state index < -0.39 is 12.0 Å². The van der Waals surface area contributed by atoms with Crippen LogP contribution in [0.1, 0.15) is 5.56 Å². The first-order valence-corrected chi connectivity index (χ1v) is 4.98. The zero-order valence-corrected chi connectivity index (χ0v) is 9.79. The molecule has 13 heavy (non-hydrogen) atoms. The van der Waals surface area contributed by atoms with Crippen LogP contribution in [0, 0.1) is 0 Å². The third kappa shape index (κ3) is 4.08. The Labute approximate surface area is 94.5 Å². The lowest BCUT2D eigenvalue weighted by molar-refractivity contribution is -0.138. The molecule has 0 saturated heterocycles. The Morgan fingerprint density at radius 1 is 1.77 bits per heavy atom. The predicted octanol–water partition coefficient (Wildman–Crippen LogP) is 1.89. The molecule has 0 aliphatic rings. The van der Waals surface area contributed by atoms with Crippen molar-refractivity contribution >= 4 is 45.6 Å². The van der Waals surface area contributed by atoms with Crippen molar-refractivity contribution in [3.05, 3.63) is 20.8 Å². The quantitative estimate of drug-likeness (QED) is 0.892. The minimum absolute atomic E-state index is 0. The lowest BCUT2D eigenvalue weighted by Crippen LogP contribution is -2.32. The summed E-state index contributed by atoms with van der Waals surface area (Å²) in [6.07, 6.45) is 0.386. The first kappa shape index (κ1) is 12.9. The summed E-state index contributed by atoms with van der Waals surface area (Å²) in [5.41, 5.74) is 6.31. The molecule has 0 amide bonds. The Balaban J connectivity index is 0.00000144. The van der Waals surface area contributed by atoms with E-state index in [4.69, 9.17) is 10.8 Å². The van der Waals surface area contributed by atoms with Gasteiger partial charge in [0.2, 0.25) is 0 Å². The molecule has 0 radical (unpaired) electrons. The molecule has 1 atom stereocenters. The van der Waals surface area contributed by atoms with Crippen LogP contribution >= 0.6 is 39.7 Å². The SMILES string of the molecule is Cl.N[C@@H](Cc1csc(Br)c1)C(=O)O. The first-order chi connectivity index (χ1) is 5.59. The normalized spacial score (nSPS) is 11.8. The molecule has 0 saturated carbocycles. The van der Waals surface area contributed by atoms with Crippen LogP contribution in [-0.4, -0.2) is 17.1 Å². The van der Waals surface area contributed by atoms with Gasteiger partial charge in [-0.3, -0.25) is 4.79 Å². The van der Waals surface area contributed by atoms with Gasteiger partial charge in [-0.15, -0.1) is 23.7 Å². The van der Waals surface area contributed by atoms with Gasteiger partial charge in [-0.2, -0.15) is 0 Å². The van der Waals surface area contributed by atoms with Crippen molar-refractivity contribution in [3.8, 4) is 0 Å². The van der Waals surface area contributed by atoms with Crippen LogP contribution in [0.2, 0.25) is 0 Å². The summed E-state index contributed by atoms with van der Waals surface area (Å²) >= 11 is 4.82. The van der Waals surface area contributed by atoms with E-state index in [1.807, 2.05) is 11.4 Å². The summed E-state index contributed by atoms with van der Waals surface area (Å²) in [6, 6.07) is 1.08. The fraction of sp³-hybridized carbons (Fsp3) is 0.286. The highest BCUT2D eigenvalue weighted by atomic mass is 79.9. The standard InChI is InChI=1S/C7H8BrNO2S.ClH/c8-6-2-4(3-12-6)1-5(9)7(10)11;/h2-3,5H,1,9H2,(H,10,11);1H/t5-;/m0./s1. The molecule has 0 aliphatic carbocycles. The number of aliphatic carboxylic acids is 1. The molecule has 0 fully saturated rings. The van der Waals surface area contributed by atoms with Gasteiger partial charge in [-0.1, -0.05) is 0 Å². The van der Waals surface area contributed by atoms with Crippen LogP contribution < -0.4 is 5.73 Å². The Kier molecular flexibility index (Phi) is 5.55. The molecule has 0 unspecified atom stereocenters. The molecule has 0 aromatic carbocycles. The van der Waals surface area contributed by atoms with E-state index in [1.165, 1.54) is 11.3 Å². The maximum Gasteiger partial charge on any atom is 0.320 e. The fourth-order valence-electron chi connectivity index (χ4n) is 0.794. The zero-order valence-electron chi connectivity index (χ0n) is 6.57. The topological polar surface area (TPSA) is 63.3 Å². The second-order valence-corrected chi connectivity index (χ2v) is 4.70. The van der Waals surface area contributed by atoms with E-state index in [9.17, 15) is 4.79 Å². The van der Waals surface area contributed by atoms with Gasteiger partial charge in [-0.05, 0) is 39.4 Å². The number of carbonyl (C=O) groups is 1. The molecule has 0 aliphatic heterocycles. The lowest BCUT2D eigenvalue weighted by Gasteiger charge is -2.02. The van der Waals surface area contributed by atoms with Crippen molar-refractivity contribution in [1.29, 1.82) is 0 Å². The largest absolute Gasteiger partial charge is 0.480 e. The molecule has 1 aromatic rings. The Hall–Kier alpha value is -0.100. The Morgan fingerprint density at radius 3 is 2.77 bits per heavy atom. The van der Waals surface area contributed by atoms with E-state index in [0.717, 1.165) is 9.35 Å². The van der Waals surface area contributed by atoms with Crippen LogP contribution in [0.5, 0.6) is 0 Å². The monoisotopic (exact) mass is 285 g/mol. The van der Waals surface area contributed by atoms with E-state index in [0.29, 0.717) is 6.42 Å². The number of carboxylic acid groups (broad SMARTS) is 1. The number of carboxylic acids is 1. The summed E-state index contributed by atoms with van der Waals surface area (Å²) < 4.78 is 0.995. The number of rotatable bonds is 3. The molecule has 1 rings (SSSR count). The van der Waals surface area contributed by atoms with Crippen LogP contribution in [0.25, 0.3) is 0 Å². The van der Waals surface area contributed by atoms with Gasteiger partial charge in [-0.25, -0.2) is 0 Å². The van der Waals surface area contributed by atoms with Crippen LogP contribution in [0.15, 0.2) is 15.2 Å². The van der Waals surface area contributed by atoms with Gasteiger partial charge in [0, 0.05) is 0 Å². The summed E-state index contributed by atoms with van der Waals surface area (Å²) in [7, 11) is 0. The number of hydrogen-bond donors (Lipinski definition) is 2. The molecule has 1 aromatic heterocycles. The van der Waals surface area contributed by atoms with Crippen molar-refractivity contribution in [2.45, 2.75) is 12.5 Å². The number of hydrogen-bond acceptors (Lipinski definition) is 3. The first-order valence-electron chi connectivity index (χ1n) is 3.31. The third-order valence-corrected chi connectivity index (χ3v) is 2.95. The highest BCUT2D eigenvalue weighted by molar-refractivity contribution is 9.11. The lowest BCUT2D eigenvalue weighted by atomic mass is 10.1. The van der Waals surface area contributed by atoms with Gasteiger partial charge in [0.05, 0.1) is 3.79 Å². The molecule has 6 heteroatoms. The maximum atomic E-state index is 10.4. The molecule has 74 valence electrons. The van der Waals surface area contributed by atoms with E-state index >= 15 is 0 Å². The molecule has 0 spiro atoms. The molecule has 3 N–H and O–H groups in total. The van der Waals surface area contributed by atoms with Crippen LogP contribution in [-0.2, 0) is 11.2 Å². The van der Waals surface area contributed by atoms with E-state index in [2.05, 4.69) is 15.9 Å². The Bertz CT molecular complexity index is 292. The summed E-state index contributed by atoms with van der Waals surface area (Å²) in [5, 5.41) is 10.4. The van der Waals surface area contributed by atoms with Crippen molar-refractivity contribution in [2.75, 3.05) is 0 Å².